The van der Waals surface area contributed by atoms with Gasteiger partial charge in [0.05, 0.1) is 5.41 Å². The van der Waals surface area contributed by atoms with E-state index in [0.717, 1.165) is 4.90 Å². The number of amides is 4. The highest BCUT2D eigenvalue weighted by atomic mass is 19.1. The van der Waals surface area contributed by atoms with Crippen LogP contribution < -0.4 is 5.32 Å². The van der Waals surface area contributed by atoms with Crippen molar-refractivity contribution in [3.8, 4) is 0 Å². The zero-order valence-electron chi connectivity index (χ0n) is 15.3. The van der Waals surface area contributed by atoms with E-state index in [9.17, 15) is 23.6 Å². The van der Waals surface area contributed by atoms with Gasteiger partial charge in [-0.15, -0.1) is 0 Å². The number of likely N-dealkylation sites (tertiary alicyclic amines) is 1. The van der Waals surface area contributed by atoms with Crippen molar-refractivity contribution in [1.29, 1.82) is 0 Å². The molecule has 2 atom stereocenters. The Balaban J connectivity index is 1.98. The number of rotatable bonds is 4. The fourth-order valence-electron chi connectivity index (χ4n) is 3.92. The van der Waals surface area contributed by atoms with Gasteiger partial charge in [-0.05, 0) is 24.1 Å². The minimum atomic E-state index is -1.45. The molecule has 27 heavy (non-hydrogen) atoms. The molecule has 2 aliphatic heterocycles. The number of likely N-dealkylation sites (N-methyl/N-ethyl adjacent to an activating group) is 1. The number of halogens is 1. The molecule has 1 N–H and O–H groups in total. The topological polar surface area (TPSA) is 86.8 Å². The molecular formula is C19H22FN3O4. The highest BCUT2D eigenvalue weighted by Gasteiger charge is 2.53. The largest absolute Gasteiger partial charge is 0.353 e. The van der Waals surface area contributed by atoms with Crippen LogP contribution in [0.5, 0.6) is 0 Å². The predicted molar refractivity (Wildman–Crippen MR) is 93.9 cm³/mol. The van der Waals surface area contributed by atoms with Gasteiger partial charge in [-0.2, -0.15) is 0 Å². The van der Waals surface area contributed by atoms with Crippen molar-refractivity contribution in [1.82, 2.24) is 15.1 Å². The van der Waals surface area contributed by atoms with Gasteiger partial charge in [0, 0.05) is 33.0 Å². The molecule has 1 aromatic carbocycles. The Labute approximate surface area is 156 Å². The summed E-state index contributed by atoms with van der Waals surface area (Å²) in [7, 11) is 1.36. The van der Waals surface area contributed by atoms with E-state index in [2.05, 4.69) is 5.32 Å². The molecular weight excluding hydrogens is 353 g/mol. The smallest absolute Gasteiger partial charge is 0.242 e. The number of benzene rings is 1. The van der Waals surface area contributed by atoms with E-state index < -0.39 is 35.0 Å². The van der Waals surface area contributed by atoms with Gasteiger partial charge in [0.1, 0.15) is 11.9 Å². The summed E-state index contributed by atoms with van der Waals surface area (Å²) in [6, 6.07) is 4.83. The second kappa shape index (κ2) is 7.09. The molecule has 1 aromatic rings. The highest BCUT2D eigenvalue weighted by Crippen LogP contribution is 2.40. The first-order chi connectivity index (χ1) is 12.8. The molecule has 2 aliphatic rings. The molecule has 2 unspecified atom stereocenters. The number of carbonyl (C=O) groups excluding carboxylic acids is 4. The van der Waals surface area contributed by atoms with E-state index in [4.69, 9.17) is 0 Å². The van der Waals surface area contributed by atoms with E-state index >= 15 is 0 Å². The zero-order valence-corrected chi connectivity index (χ0v) is 15.3. The van der Waals surface area contributed by atoms with Gasteiger partial charge in [0.2, 0.25) is 23.6 Å². The lowest BCUT2D eigenvalue weighted by atomic mass is 9.75. The number of carbonyl (C=O) groups is 4. The van der Waals surface area contributed by atoms with Crippen molar-refractivity contribution >= 4 is 23.6 Å². The van der Waals surface area contributed by atoms with E-state index in [0.29, 0.717) is 25.1 Å². The minimum absolute atomic E-state index is 0.200. The molecule has 8 heteroatoms. The molecule has 2 saturated heterocycles. The van der Waals surface area contributed by atoms with Crippen LogP contribution in [0.15, 0.2) is 24.3 Å². The second-order valence-corrected chi connectivity index (χ2v) is 7.01. The van der Waals surface area contributed by atoms with Crippen LogP contribution in [0.1, 0.15) is 31.7 Å². The van der Waals surface area contributed by atoms with Crippen LogP contribution in [0.3, 0.4) is 0 Å². The number of imide groups is 1. The lowest BCUT2D eigenvalue weighted by Gasteiger charge is -2.37. The summed E-state index contributed by atoms with van der Waals surface area (Å²) in [6.45, 7) is 2.47. The Kier molecular flexibility index (Phi) is 4.99. The Morgan fingerprint density at radius 1 is 1.33 bits per heavy atom. The van der Waals surface area contributed by atoms with Crippen molar-refractivity contribution in [3.05, 3.63) is 35.6 Å². The van der Waals surface area contributed by atoms with Crippen molar-refractivity contribution in [3.63, 3.8) is 0 Å². The summed E-state index contributed by atoms with van der Waals surface area (Å²) in [6.07, 6.45) is -0.0409. The average molecular weight is 375 g/mol. The Bertz CT molecular complexity index is 812. The summed E-state index contributed by atoms with van der Waals surface area (Å²) in [5.74, 6) is -2.11. The van der Waals surface area contributed by atoms with Crippen LogP contribution in [0.25, 0.3) is 0 Å². The van der Waals surface area contributed by atoms with Gasteiger partial charge in [-0.3, -0.25) is 24.1 Å². The van der Waals surface area contributed by atoms with Gasteiger partial charge in [0.25, 0.3) is 0 Å². The third-order valence-electron chi connectivity index (χ3n) is 5.41. The first kappa shape index (κ1) is 19.0. The maximum Gasteiger partial charge on any atom is 0.242 e. The quantitative estimate of drug-likeness (QED) is 0.780. The van der Waals surface area contributed by atoms with Gasteiger partial charge in [-0.1, -0.05) is 19.1 Å². The van der Waals surface area contributed by atoms with E-state index in [1.165, 1.54) is 30.1 Å². The van der Waals surface area contributed by atoms with Crippen molar-refractivity contribution in [2.45, 2.75) is 37.6 Å². The average Bonchev–Trinajstić information content (AvgIpc) is 2.86. The van der Waals surface area contributed by atoms with E-state index in [1.54, 1.807) is 13.0 Å². The normalized spacial score (nSPS) is 25.7. The monoisotopic (exact) mass is 375 g/mol. The van der Waals surface area contributed by atoms with Gasteiger partial charge < -0.3 is 10.2 Å². The molecule has 0 aromatic heterocycles. The van der Waals surface area contributed by atoms with Crippen molar-refractivity contribution in [2.75, 3.05) is 20.1 Å². The summed E-state index contributed by atoms with van der Waals surface area (Å²) in [5, 5.41) is 2.72. The van der Waals surface area contributed by atoms with E-state index in [-0.39, 0.29) is 18.7 Å². The molecule has 0 spiro atoms. The third kappa shape index (κ3) is 3.20. The van der Waals surface area contributed by atoms with Crippen LogP contribution in [-0.2, 0) is 24.6 Å². The van der Waals surface area contributed by atoms with E-state index in [1.807, 2.05) is 0 Å². The molecule has 144 valence electrons. The standard InChI is InChI=1S/C19H22FN3O4/c1-3-14-17(26)21-7-8-23(14)16(25)11-19(10-15(24)22(2)18(19)27)12-5-4-6-13(20)9-12/h4-6,9,14H,3,7-8,10-11H2,1-2H3,(H,21,26). The number of hydrogen-bond acceptors (Lipinski definition) is 4. The third-order valence-corrected chi connectivity index (χ3v) is 5.41. The maximum atomic E-state index is 13.8. The lowest BCUT2D eigenvalue weighted by Crippen LogP contribution is -2.58. The summed E-state index contributed by atoms with van der Waals surface area (Å²) >= 11 is 0. The summed E-state index contributed by atoms with van der Waals surface area (Å²) in [4.78, 5) is 52.7. The fraction of sp³-hybridized carbons (Fsp3) is 0.474. The van der Waals surface area contributed by atoms with Crippen LogP contribution >= 0.6 is 0 Å². The molecule has 0 saturated carbocycles. The van der Waals surface area contributed by atoms with Gasteiger partial charge in [-0.25, -0.2) is 4.39 Å². The Hall–Kier alpha value is -2.77. The van der Waals surface area contributed by atoms with Crippen LogP contribution in [0.4, 0.5) is 4.39 Å². The SMILES string of the molecule is CCC1C(=O)NCCN1C(=O)CC1(c2cccc(F)c2)CC(=O)N(C)C1=O. The molecule has 4 amide bonds. The van der Waals surface area contributed by atoms with Crippen LogP contribution in [0, 0.1) is 5.82 Å². The summed E-state index contributed by atoms with van der Waals surface area (Å²) in [5.41, 5.74) is -1.15. The fourth-order valence-corrected chi connectivity index (χ4v) is 3.92. The molecule has 0 aliphatic carbocycles. The lowest BCUT2D eigenvalue weighted by molar-refractivity contribution is -0.146. The highest BCUT2D eigenvalue weighted by molar-refractivity contribution is 6.10. The first-order valence-corrected chi connectivity index (χ1v) is 8.94. The second-order valence-electron chi connectivity index (χ2n) is 7.01. The van der Waals surface area contributed by atoms with Crippen LogP contribution in [-0.4, -0.2) is 59.6 Å². The van der Waals surface area contributed by atoms with Gasteiger partial charge in [0.15, 0.2) is 0 Å². The Morgan fingerprint density at radius 2 is 2.07 bits per heavy atom. The van der Waals surface area contributed by atoms with Crippen molar-refractivity contribution in [2.24, 2.45) is 0 Å². The van der Waals surface area contributed by atoms with Crippen LogP contribution in [0.2, 0.25) is 0 Å². The summed E-state index contributed by atoms with van der Waals surface area (Å²) < 4.78 is 13.8. The number of nitrogens with one attached hydrogen (secondary N) is 1. The minimum Gasteiger partial charge on any atom is -0.353 e. The number of piperazine rings is 1. The maximum absolute atomic E-state index is 13.8. The molecule has 3 rings (SSSR count). The molecule has 2 heterocycles. The molecule has 0 radical (unpaired) electrons. The Morgan fingerprint density at radius 3 is 2.67 bits per heavy atom. The molecule has 2 fully saturated rings. The first-order valence-electron chi connectivity index (χ1n) is 8.94. The van der Waals surface area contributed by atoms with Gasteiger partial charge >= 0.3 is 0 Å². The zero-order chi connectivity index (χ0) is 19.8. The number of hydrogen-bond donors (Lipinski definition) is 1. The molecule has 7 nitrogen and oxygen atoms in total. The molecule has 0 bridgehead atoms. The van der Waals surface area contributed by atoms with Crippen molar-refractivity contribution < 1.29 is 23.6 Å². The predicted octanol–water partition coefficient (Wildman–Crippen LogP) is 0.579. The number of nitrogens with zero attached hydrogens (tertiary/aromatic N) is 2.